The lowest BCUT2D eigenvalue weighted by Crippen LogP contribution is -2.51. The molecule has 0 bridgehead atoms. The number of carbonyl (C=O) groups excluding carboxylic acids is 1. The molecular formula is C26H34N2O7S. The first-order valence-corrected chi connectivity index (χ1v) is 14.2. The average molecular weight is 519 g/mol. The predicted molar refractivity (Wildman–Crippen MR) is 135 cm³/mol. The highest BCUT2D eigenvalue weighted by molar-refractivity contribution is 7.92. The summed E-state index contributed by atoms with van der Waals surface area (Å²) in [5.41, 5.74) is 4.79. The van der Waals surface area contributed by atoms with E-state index in [2.05, 4.69) is 5.48 Å². The Labute approximate surface area is 211 Å². The van der Waals surface area contributed by atoms with E-state index in [1.807, 2.05) is 24.3 Å². The van der Waals surface area contributed by atoms with E-state index in [4.69, 9.17) is 9.57 Å². The fraction of sp³-hybridized carbons (Fsp3) is 0.538. The van der Waals surface area contributed by atoms with E-state index < -0.39 is 26.8 Å². The van der Waals surface area contributed by atoms with Crippen LogP contribution in [0.3, 0.4) is 0 Å². The van der Waals surface area contributed by atoms with Gasteiger partial charge in [0.1, 0.15) is 0 Å². The average Bonchev–Trinajstić information content (AvgIpc) is 2.84. The molecule has 2 N–H and O–H groups in total. The van der Waals surface area contributed by atoms with Crippen molar-refractivity contribution in [2.45, 2.75) is 75.1 Å². The van der Waals surface area contributed by atoms with Crippen molar-refractivity contribution in [2.24, 2.45) is 0 Å². The summed E-state index contributed by atoms with van der Waals surface area (Å²) >= 11 is 0. The molecule has 4 rings (SSSR count). The fourth-order valence-corrected chi connectivity index (χ4v) is 5.35. The van der Waals surface area contributed by atoms with E-state index >= 15 is 0 Å². The smallest absolute Gasteiger partial charge is 0.264 e. The molecule has 2 heterocycles. The molecule has 1 aromatic carbocycles. The minimum absolute atomic E-state index is 0.0407. The number of aliphatic hydroxyl groups is 1. The minimum atomic E-state index is -3.83. The Bertz CT molecular complexity index is 1230. The molecule has 2 aliphatic rings. The Morgan fingerprint density at radius 1 is 1.19 bits per heavy atom. The van der Waals surface area contributed by atoms with Gasteiger partial charge in [0.25, 0.3) is 11.5 Å². The van der Waals surface area contributed by atoms with E-state index in [-0.39, 0.29) is 24.6 Å². The number of nitrogens with one attached hydrogen (secondary N) is 1. The Kier molecular flexibility index (Phi) is 7.99. The van der Waals surface area contributed by atoms with Crippen LogP contribution in [0.1, 0.15) is 56.9 Å². The molecule has 1 saturated carbocycles. The molecule has 36 heavy (non-hydrogen) atoms. The van der Waals surface area contributed by atoms with Crippen LogP contribution in [-0.4, -0.2) is 54.0 Å². The number of ether oxygens (including phenoxy) is 1. The summed E-state index contributed by atoms with van der Waals surface area (Å²) in [4.78, 5) is 30.9. The van der Waals surface area contributed by atoms with Crippen molar-refractivity contribution in [1.82, 2.24) is 10.0 Å². The summed E-state index contributed by atoms with van der Waals surface area (Å²) in [5, 5.41) is 9.51. The van der Waals surface area contributed by atoms with Gasteiger partial charge in [-0.15, -0.1) is 0 Å². The second-order valence-corrected chi connectivity index (χ2v) is 12.4. The number of benzene rings is 1. The largest absolute Gasteiger partial charge is 0.393 e. The van der Waals surface area contributed by atoms with Crippen molar-refractivity contribution >= 4 is 15.7 Å². The first-order valence-electron chi connectivity index (χ1n) is 12.3. The van der Waals surface area contributed by atoms with Crippen molar-refractivity contribution < 1.29 is 27.9 Å². The summed E-state index contributed by atoms with van der Waals surface area (Å²) in [5.74, 6) is -0.410. The molecule has 1 amide bonds. The van der Waals surface area contributed by atoms with E-state index in [0.29, 0.717) is 18.9 Å². The van der Waals surface area contributed by atoms with E-state index in [1.165, 1.54) is 23.1 Å². The monoisotopic (exact) mass is 518 g/mol. The first kappa shape index (κ1) is 26.5. The lowest BCUT2D eigenvalue weighted by atomic mass is 9.77. The van der Waals surface area contributed by atoms with Gasteiger partial charge in [0.15, 0.2) is 20.9 Å². The molecule has 196 valence electrons. The van der Waals surface area contributed by atoms with Crippen molar-refractivity contribution in [3.8, 4) is 11.1 Å². The highest BCUT2D eigenvalue weighted by atomic mass is 32.2. The number of aromatic nitrogens is 1. The molecule has 1 aliphatic heterocycles. The maximum Gasteiger partial charge on any atom is 0.264 e. The van der Waals surface area contributed by atoms with Crippen LogP contribution in [0, 0.1) is 0 Å². The number of aryl methyl sites for hydroxylation is 1. The van der Waals surface area contributed by atoms with Gasteiger partial charge >= 0.3 is 0 Å². The highest BCUT2D eigenvalue weighted by Gasteiger charge is 2.44. The molecule has 0 radical (unpaired) electrons. The van der Waals surface area contributed by atoms with Crippen LogP contribution in [0.25, 0.3) is 11.1 Å². The number of hydrogen-bond acceptors (Lipinski definition) is 7. The molecule has 2 fully saturated rings. The molecule has 2 aromatic rings. The number of rotatable bonds is 9. The van der Waals surface area contributed by atoms with Crippen molar-refractivity contribution in [3.63, 3.8) is 0 Å². The quantitative estimate of drug-likeness (QED) is 0.489. The SMILES string of the molecule is C[C@@](CCn1ccc(-c2ccc([C@H]3C[C@@H](O)C3)cc2)cc1=O)(C(=O)NOC1CCCCO1)S(C)(=O)=O. The topological polar surface area (TPSA) is 124 Å². The molecular weight excluding hydrogens is 484 g/mol. The third kappa shape index (κ3) is 5.88. The predicted octanol–water partition coefficient (Wildman–Crippen LogP) is 2.52. The summed E-state index contributed by atoms with van der Waals surface area (Å²) in [6.45, 7) is 1.90. The number of aliphatic hydroxyl groups excluding tert-OH is 1. The van der Waals surface area contributed by atoms with Gasteiger partial charge in [-0.25, -0.2) is 18.7 Å². The van der Waals surface area contributed by atoms with Crippen LogP contribution >= 0.6 is 0 Å². The molecule has 9 nitrogen and oxygen atoms in total. The van der Waals surface area contributed by atoms with Crippen LogP contribution in [-0.2, 0) is 30.8 Å². The molecule has 1 saturated heterocycles. The summed E-state index contributed by atoms with van der Waals surface area (Å²) in [6.07, 6.45) is 5.69. The van der Waals surface area contributed by atoms with Crippen LogP contribution in [0.4, 0.5) is 0 Å². The van der Waals surface area contributed by atoms with Crippen molar-refractivity contribution in [1.29, 1.82) is 0 Å². The zero-order chi connectivity index (χ0) is 25.9. The van der Waals surface area contributed by atoms with Gasteiger partial charge < -0.3 is 14.4 Å². The Hall–Kier alpha value is -2.53. The Morgan fingerprint density at radius 3 is 2.50 bits per heavy atom. The minimum Gasteiger partial charge on any atom is -0.393 e. The van der Waals surface area contributed by atoms with Crippen LogP contribution in [0.5, 0.6) is 0 Å². The van der Waals surface area contributed by atoms with Crippen LogP contribution < -0.4 is 11.0 Å². The molecule has 1 aromatic heterocycles. The number of pyridine rings is 1. The second kappa shape index (κ2) is 10.8. The van der Waals surface area contributed by atoms with Gasteiger partial charge in [-0.1, -0.05) is 24.3 Å². The number of hydrogen-bond donors (Lipinski definition) is 2. The third-order valence-corrected chi connectivity index (χ3v) is 9.40. The number of amides is 1. The Balaban J connectivity index is 1.41. The Morgan fingerprint density at radius 2 is 1.92 bits per heavy atom. The summed E-state index contributed by atoms with van der Waals surface area (Å²) in [7, 11) is -3.83. The lowest BCUT2D eigenvalue weighted by Gasteiger charge is -2.31. The van der Waals surface area contributed by atoms with E-state index in [9.17, 15) is 23.1 Å². The maximum atomic E-state index is 12.8. The molecule has 0 spiro atoms. The standard InChI is InChI=1S/C26H34N2O7S/c1-26(36(2,32)33,25(31)27-35-24-5-3-4-14-34-24)11-13-28-12-10-20(17-23(28)30)18-6-8-19(9-7-18)21-15-22(29)16-21/h6-10,12,17,21-22,24,29H,3-5,11,13-16H2,1-2H3,(H,27,31)/t21-,22+,24?,26-/m1/s1. The molecule has 2 atom stereocenters. The van der Waals surface area contributed by atoms with Crippen molar-refractivity contribution in [3.05, 3.63) is 58.5 Å². The van der Waals surface area contributed by atoms with E-state index in [1.54, 1.807) is 12.3 Å². The second-order valence-electron chi connectivity index (χ2n) is 9.99. The number of nitrogens with zero attached hydrogens (tertiary/aromatic N) is 1. The number of sulfone groups is 1. The maximum absolute atomic E-state index is 12.8. The highest BCUT2D eigenvalue weighted by Crippen LogP contribution is 2.37. The molecule has 1 unspecified atom stereocenters. The van der Waals surface area contributed by atoms with Crippen LogP contribution in [0.2, 0.25) is 0 Å². The zero-order valence-electron chi connectivity index (χ0n) is 20.7. The van der Waals surface area contributed by atoms with E-state index in [0.717, 1.165) is 43.1 Å². The van der Waals surface area contributed by atoms with Gasteiger partial charge in [-0.05, 0) is 67.7 Å². The van der Waals surface area contributed by atoms with Crippen LogP contribution in [0.15, 0.2) is 47.4 Å². The van der Waals surface area contributed by atoms with Gasteiger partial charge in [-0.2, -0.15) is 0 Å². The summed E-state index contributed by atoms with van der Waals surface area (Å²) in [6, 6.07) is 11.3. The molecule has 1 aliphatic carbocycles. The van der Waals surface area contributed by atoms with Gasteiger partial charge in [0, 0.05) is 38.1 Å². The fourth-order valence-electron chi connectivity index (χ4n) is 4.51. The van der Waals surface area contributed by atoms with Gasteiger partial charge in [-0.3, -0.25) is 9.59 Å². The first-order chi connectivity index (χ1) is 17.1. The zero-order valence-corrected chi connectivity index (χ0v) is 21.5. The summed E-state index contributed by atoms with van der Waals surface area (Å²) < 4.78 is 30.1. The number of carbonyl (C=O) groups is 1. The van der Waals surface area contributed by atoms with Gasteiger partial charge in [0.05, 0.1) is 6.10 Å². The normalized spacial score (nSPS) is 23.9. The third-order valence-electron chi connectivity index (χ3n) is 7.37. The van der Waals surface area contributed by atoms with Gasteiger partial charge in [0.2, 0.25) is 0 Å². The van der Waals surface area contributed by atoms with Crippen molar-refractivity contribution in [2.75, 3.05) is 12.9 Å². The lowest BCUT2D eigenvalue weighted by molar-refractivity contribution is -0.201. The number of hydroxylamine groups is 1. The molecule has 10 heteroatoms.